The molecule has 4 heteroatoms. The van der Waals surface area contributed by atoms with E-state index in [9.17, 15) is 0 Å². The Bertz CT molecular complexity index is 454. The number of nitrogens with one attached hydrogen (secondary N) is 1. The number of benzene rings is 1. The number of ether oxygens (including phenoxy) is 3. The van der Waals surface area contributed by atoms with E-state index in [0.717, 1.165) is 18.0 Å². The van der Waals surface area contributed by atoms with Crippen molar-refractivity contribution in [3.8, 4) is 11.5 Å². The second-order valence-corrected chi connectivity index (χ2v) is 4.81. The molecule has 0 aromatic heterocycles. The molecular formula is C13H15NO3. The van der Waals surface area contributed by atoms with Gasteiger partial charge in [-0.2, -0.15) is 0 Å². The van der Waals surface area contributed by atoms with Gasteiger partial charge in [-0.25, -0.2) is 0 Å². The van der Waals surface area contributed by atoms with Gasteiger partial charge >= 0.3 is 0 Å². The third-order valence-corrected chi connectivity index (χ3v) is 3.83. The molecule has 0 bridgehead atoms. The Morgan fingerprint density at radius 1 is 1.24 bits per heavy atom. The quantitative estimate of drug-likeness (QED) is 0.802. The van der Waals surface area contributed by atoms with Crippen molar-refractivity contribution in [2.24, 2.45) is 0 Å². The van der Waals surface area contributed by atoms with Crippen molar-refractivity contribution in [1.29, 1.82) is 0 Å². The van der Waals surface area contributed by atoms with Crippen LogP contribution in [0.2, 0.25) is 0 Å². The molecule has 2 atom stereocenters. The van der Waals surface area contributed by atoms with Crippen LogP contribution in [0.25, 0.3) is 0 Å². The molecule has 0 radical (unpaired) electrons. The average molecular weight is 233 g/mol. The first kappa shape index (κ1) is 9.74. The maximum Gasteiger partial charge on any atom is 0.231 e. The van der Waals surface area contributed by atoms with Crippen molar-refractivity contribution in [1.82, 2.24) is 5.32 Å². The molecule has 90 valence electrons. The molecule has 0 aliphatic carbocycles. The van der Waals surface area contributed by atoms with Gasteiger partial charge in [0.25, 0.3) is 0 Å². The highest BCUT2D eigenvalue weighted by atomic mass is 16.7. The zero-order valence-electron chi connectivity index (χ0n) is 9.57. The SMILES string of the molecule is c1cc2c(c3c1CO[C@H]3[C@@H]1CCCN1)OCO2. The molecule has 0 spiro atoms. The maximum atomic E-state index is 5.93. The summed E-state index contributed by atoms with van der Waals surface area (Å²) in [6.07, 6.45) is 2.53. The molecule has 4 rings (SSSR count). The van der Waals surface area contributed by atoms with Gasteiger partial charge in [0.15, 0.2) is 11.5 Å². The summed E-state index contributed by atoms with van der Waals surface area (Å²) in [5.74, 6) is 1.76. The smallest absolute Gasteiger partial charge is 0.231 e. The third kappa shape index (κ3) is 1.37. The van der Waals surface area contributed by atoms with Crippen LogP contribution in [0.3, 0.4) is 0 Å². The largest absolute Gasteiger partial charge is 0.454 e. The summed E-state index contributed by atoms with van der Waals surface area (Å²) in [5.41, 5.74) is 2.45. The predicted molar refractivity (Wildman–Crippen MR) is 61.1 cm³/mol. The minimum absolute atomic E-state index is 0.129. The Morgan fingerprint density at radius 2 is 2.24 bits per heavy atom. The zero-order valence-corrected chi connectivity index (χ0v) is 9.57. The fourth-order valence-corrected chi connectivity index (χ4v) is 3.02. The van der Waals surface area contributed by atoms with Crippen LogP contribution in [0.15, 0.2) is 12.1 Å². The van der Waals surface area contributed by atoms with Gasteiger partial charge in [0.05, 0.1) is 6.61 Å². The van der Waals surface area contributed by atoms with Gasteiger partial charge in [0.2, 0.25) is 6.79 Å². The number of fused-ring (bicyclic) bond motifs is 3. The van der Waals surface area contributed by atoms with E-state index < -0.39 is 0 Å². The molecule has 17 heavy (non-hydrogen) atoms. The third-order valence-electron chi connectivity index (χ3n) is 3.83. The lowest BCUT2D eigenvalue weighted by atomic mass is 9.97. The summed E-state index contributed by atoms with van der Waals surface area (Å²) < 4.78 is 17.0. The molecule has 3 heterocycles. The first-order valence-electron chi connectivity index (χ1n) is 6.20. The summed E-state index contributed by atoms with van der Waals surface area (Å²) in [6, 6.07) is 4.50. The Kier molecular flexibility index (Phi) is 2.07. The van der Waals surface area contributed by atoms with E-state index in [4.69, 9.17) is 14.2 Å². The fourth-order valence-electron chi connectivity index (χ4n) is 3.02. The van der Waals surface area contributed by atoms with Gasteiger partial charge in [-0.15, -0.1) is 0 Å². The van der Waals surface area contributed by atoms with Crippen LogP contribution >= 0.6 is 0 Å². The molecule has 1 aromatic rings. The zero-order chi connectivity index (χ0) is 11.2. The van der Waals surface area contributed by atoms with Crippen LogP contribution in [0.1, 0.15) is 30.1 Å². The molecule has 0 unspecified atom stereocenters. The molecule has 3 aliphatic rings. The molecule has 1 N–H and O–H groups in total. The van der Waals surface area contributed by atoms with Gasteiger partial charge in [0, 0.05) is 11.6 Å². The fraction of sp³-hybridized carbons (Fsp3) is 0.538. The topological polar surface area (TPSA) is 39.7 Å². The highest BCUT2D eigenvalue weighted by molar-refractivity contribution is 5.54. The molecule has 0 saturated carbocycles. The van der Waals surface area contributed by atoms with E-state index in [1.807, 2.05) is 6.07 Å². The monoisotopic (exact) mass is 233 g/mol. The van der Waals surface area contributed by atoms with Crippen molar-refractivity contribution in [3.63, 3.8) is 0 Å². The van der Waals surface area contributed by atoms with Crippen LogP contribution in [0.4, 0.5) is 0 Å². The summed E-state index contributed by atoms with van der Waals surface area (Å²) in [6.45, 7) is 2.11. The molecule has 3 aliphatic heterocycles. The van der Waals surface area contributed by atoms with Gasteiger partial charge in [-0.05, 0) is 31.0 Å². The van der Waals surface area contributed by atoms with E-state index in [1.54, 1.807) is 0 Å². The minimum atomic E-state index is 0.129. The number of hydrogen-bond acceptors (Lipinski definition) is 4. The van der Waals surface area contributed by atoms with Gasteiger partial charge in [0.1, 0.15) is 6.10 Å². The lowest BCUT2D eigenvalue weighted by molar-refractivity contribution is 0.0412. The van der Waals surface area contributed by atoms with Crippen molar-refractivity contribution < 1.29 is 14.2 Å². The van der Waals surface area contributed by atoms with Crippen LogP contribution in [0.5, 0.6) is 11.5 Å². The summed E-state index contributed by atoms with van der Waals surface area (Å²) in [7, 11) is 0. The lowest BCUT2D eigenvalue weighted by Gasteiger charge is -2.20. The molecule has 0 amide bonds. The van der Waals surface area contributed by atoms with Crippen molar-refractivity contribution in [2.45, 2.75) is 31.6 Å². The molecule has 1 fully saturated rings. The Morgan fingerprint density at radius 3 is 3.12 bits per heavy atom. The Balaban J connectivity index is 1.78. The Labute approximate surface area is 99.9 Å². The predicted octanol–water partition coefficient (Wildman–Crippen LogP) is 1.74. The van der Waals surface area contributed by atoms with E-state index in [0.29, 0.717) is 19.4 Å². The van der Waals surface area contributed by atoms with Crippen LogP contribution in [-0.4, -0.2) is 19.4 Å². The number of hydrogen-bond donors (Lipinski definition) is 1. The van der Waals surface area contributed by atoms with E-state index in [-0.39, 0.29) is 6.10 Å². The second kappa shape index (κ2) is 3.62. The van der Waals surface area contributed by atoms with E-state index in [2.05, 4.69) is 11.4 Å². The number of rotatable bonds is 1. The summed E-state index contributed by atoms with van der Waals surface area (Å²) in [4.78, 5) is 0. The van der Waals surface area contributed by atoms with Crippen LogP contribution in [-0.2, 0) is 11.3 Å². The molecular weight excluding hydrogens is 218 g/mol. The van der Waals surface area contributed by atoms with Gasteiger partial charge in [-0.1, -0.05) is 6.07 Å². The standard InChI is InChI=1S/C13H15NO3/c1-2-9(14-5-1)12-11-8(6-15-12)3-4-10-13(11)17-7-16-10/h3-4,9,12,14H,1-2,5-7H2/t9-,12-/m0/s1. The first-order chi connectivity index (χ1) is 8.43. The average Bonchev–Trinajstić information content (AvgIpc) is 3.08. The normalized spacial score (nSPS) is 29.6. The van der Waals surface area contributed by atoms with E-state index in [1.165, 1.54) is 24.0 Å². The van der Waals surface area contributed by atoms with Crippen molar-refractivity contribution in [2.75, 3.05) is 13.3 Å². The van der Waals surface area contributed by atoms with Crippen LogP contribution < -0.4 is 14.8 Å². The van der Waals surface area contributed by atoms with Crippen molar-refractivity contribution in [3.05, 3.63) is 23.3 Å². The lowest BCUT2D eigenvalue weighted by Crippen LogP contribution is -2.28. The van der Waals surface area contributed by atoms with Gasteiger partial charge < -0.3 is 19.5 Å². The van der Waals surface area contributed by atoms with Crippen LogP contribution in [0, 0.1) is 0 Å². The molecule has 1 saturated heterocycles. The van der Waals surface area contributed by atoms with E-state index >= 15 is 0 Å². The molecule has 1 aromatic carbocycles. The summed E-state index contributed by atoms with van der Waals surface area (Å²) in [5, 5.41) is 3.51. The van der Waals surface area contributed by atoms with Crippen molar-refractivity contribution >= 4 is 0 Å². The Hall–Kier alpha value is -1.26. The molecule has 4 nitrogen and oxygen atoms in total. The maximum absolute atomic E-state index is 5.93. The minimum Gasteiger partial charge on any atom is -0.454 e. The first-order valence-corrected chi connectivity index (χ1v) is 6.20. The highest BCUT2D eigenvalue weighted by Gasteiger charge is 2.37. The summed E-state index contributed by atoms with van der Waals surface area (Å²) >= 11 is 0. The van der Waals surface area contributed by atoms with Gasteiger partial charge in [-0.3, -0.25) is 0 Å². The second-order valence-electron chi connectivity index (χ2n) is 4.81. The highest BCUT2D eigenvalue weighted by Crippen LogP contribution is 2.47.